The van der Waals surface area contributed by atoms with E-state index in [0.29, 0.717) is 16.2 Å². The van der Waals surface area contributed by atoms with Crippen LogP contribution in [0.2, 0.25) is 5.02 Å². The zero-order valence-electron chi connectivity index (χ0n) is 16.4. The molecule has 0 saturated heterocycles. The third kappa shape index (κ3) is 4.59. The molecule has 0 spiro atoms. The zero-order valence-corrected chi connectivity index (χ0v) is 18.7. The van der Waals surface area contributed by atoms with Crippen LogP contribution in [0.5, 0.6) is 0 Å². The Morgan fingerprint density at radius 3 is 2.87 bits per heavy atom. The van der Waals surface area contributed by atoms with Crippen LogP contribution >= 0.6 is 27.5 Å². The molecular weight excluding hydrogens is 479 g/mol. The molecule has 1 heterocycles. The number of aliphatic hydroxyl groups excluding tert-OH is 1. The molecule has 0 aliphatic carbocycles. The van der Waals surface area contributed by atoms with E-state index in [4.69, 9.17) is 21.5 Å². The number of imidazole rings is 1. The van der Waals surface area contributed by atoms with Gasteiger partial charge in [-0.25, -0.2) is 14.9 Å². The molecule has 2 aromatic carbocycles. The number of halogens is 3. The number of aromatic nitrogens is 2. The average molecular weight is 500 g/mol. The second kappa shape index (κ2) is 9.74. The normalized spacial score (nSPS) is 12.2. The van der Waals surface area contributed by atoms with Crippen LogP contribution < -0.4 is 10.8 Å². The molecule has 3 rings (SSSR count). The van der Waals surface area contributed by atoms with E-state index in [1.165, 1.54) is 0 Å². The van der Waals surface area contributed by atoms with Gasteiger partial charge < -0.3 is 15.0 Å². The van der Waals surface area contributed by atoms with Crippen LogP contribution in [0.3, 0.4) is 0 Å². The number of hydrogen-bond donors (Lipinski definition) is 3. The van der Waals surface area contributed by atoms with Crippen molar-refractivity contribution in [3.63, 3.8) is 0 Å². The van der Waals surface area contributed by atoms with Crippen LogP contribution in [0.15, 0.2) is 35.1 Å². The maximum absolute atomic E-state index is 15.5. The number of fused-ring (bicyclic) bond motifs is 1. The van der Waals surface area contributed by atoms with Crippen molar-refractivity contribution < 1.29 is 19.1 Å². The molecular formula is C20H21BrClFN4O3. The third-order valence-electron chi connectivity index (χ3n) is 4.67. The molecule has 1 aromatic heterocycles. The highest BCUT2D eigenvalue weighted by Crippen LogP contribution is 2.35. The molecule has 0 fully saturated rings. The van der Waals surface area contributed by atoms with E-state index in [1.54, 1.807) is 30.6 Å². The first-order valence-corrected chi connectivity index (χ1v) is 10.5. The van der Waals surface area contributed by atoms with Crippen LogP contribution in [0, 0.1) is 5.82 Å². The van der Waals surface area contributed by atoms with E-state index >= 15 is 4.39 Å². The molecule has 0 aliphatic rings. The van der Waals surface area contributed by atoms with Gasteiger partial charge in [0.2, 0.25) is 0 Å². The predicted octanol–water partition coefficient (Wildman–Crippen LogP) is 4.96. The SMILES string of the molecule is CCC(C)n1cnc2c(F)c(Nc3ccc(Br)cc3Cl)c(C(=O)NOCCO)cc21. The fourth-order valence-corrected chi connectivity index (χ4v) is 3.64. The standard InChI is InChI=1S/C20H21BrClFN4O3/c1-3-11(2)27-10-24-19-16(27)9-13(20(29)26-30-7-6-28)18(17(19)23)25-15-5-4-12(21)8-14(15)22/h4-5,8-11,25,28H,3,6-7H2,1-2H3,(H,26,29). The summed E-state index contributed by atoms with van der Waals surface area (Å²) in [4.78, 5) is 21.9. The maximum atomic E-state index is 15.5. The largest absolute Gasteiger partial charge is 0.394 e. The predicted molar refractivity (Wildman–Crippen MR) is 118 cm³/mol. The summed E-state index contributed by atoms with van der Waals surface area (Å²) in [5.41, 5.74) is 3.21. The Hall–Kier alpha value is -2.20. The number of hydroxylamine groups is 1. The lowest BCUT2D eigenvalue weighted by Crippen LogP contribution is -2.26. The van der Waals surface area contributed by atoms with E-state index in [2.05, 4.69) is 31.7 Å². The quantitative estimate of drug-likeness (QED) is 0.301. The van der Waals surface area contributed by atoms with Gasteiger partial charge in [0.1, 0.15) is 5.52 Å². The van der Waals surface area contributed by atoms with E-state index < -0.39 is 11.7 Å². The van der Waals surface area contributed by atoms with Gasteiger partial charge in [-0.2, -0.15) is 0 Å². The summed E-state index contributed by atoms with van der Waals surface area (Å²) in [7, 11) is 0. The van der Waals surface area contributed by atoms with Crippen molar-refractivity contribution in [1.82, 2.24) is 15.0 Å². The third-order valence-corrected chi connectivity index (χ3v) is 5.48. The minimum Gasteiger partial charge on any atom is -0.394 e. The molecule has 3 N–H and O–H groups in total. The smallest absolute Gasteiger partial charge is 0.277 e. The molecule has 30 heavy (non-hydrogen) atoms. The molecule has 0 aliphatic heterocycles. The van der Waals surface area contributed by atoms with E-state index in [1.807, 2.05) is 18.4 Å². The summed E-state index contributed by atoms with van der Waals surface area (Å²) < 4.78 is 18.1. The summed E-state index contributed by atoms with van der Waals surface area (Å²) in [6, 6.07) is 6.69. The maximum Gasteiger partial charge on any atom is 0.277 e. The Kier molecular flexibility index (Phi) is 7.30. The van der Waals surface area contributed by atoms with Gasteiger partial charge in [0.15, 0.2) is 5.82 Å². The first-order valence-electron chi connectivity index (χ1n) is 9.31. The number of amides is 1. The lowest BCUT2D eigenvalue weighted by atomic mass is 10.1. The molecule has 7 nitrogen and oxygen atoms in total. The minimum absolute atomic E-state index is 0.0157. The highest BCUT2D eigenvalue weighted by Gasteiger charge is 2.23. The second-order valence-corrected chi connectivity index (χ2v) is 7.97. The number of hydrogen-bond acceptors (Lipinski definition) is 5. The van der Waals surface area contributed by atoms with Crippen molar-refractivity contribution in [2.75, 3.05) is 18.5 Å². The number of nitrogens with zero attached hydrogens (tertiary/aromatic N) is 2. The van der Waals surface area contributed by atoms with Crippen molar-refractivity contribution in [2.45, 2.75) is 26.3 Å². The molecule has 1 atom stereocenters. The number of anilines is 2. The summed E-state index contributed by atoms with van der Waals surface area (Å²) in [6.07, 6.45) is 2.37. The minimum atomic E-state index is -0.680. The fourth-order valence-electron chi connectivity index (χ4n) is 2.92. The van der Waals surface area contributed by atoms with Crippen molar-refractivity contribution in [1.29, 1.82) is 0 Å². The molecule has 1 amide bonds. The molecule has 0 bridgehead atoms. The van der Waals surface area contributed by atoms with Gasteiger partial charge in [-0.3, -0.25) is 9.63 Å². The van der Waals surface area contributed by atoms with Crippen molar-refractivity contribution >= 4 is 55.8 Å². The number of nitrogens with one attached hydrogen (secondary N) is 2. The van der Waals surface area contributed by atoms with Crippen LogP contribution in [-0.4, -0.2) is 33.8 Å². The second-order valence-electron chi connectivity index (χ2n) is 6.64. The van der Waals surface area contributed by atoms with Crippen molar-refractivity contribution in [3.05, 3.63) is 51.5 Å². The van der Waals surface area contributed by atoms with Crippen LogP contribution in [-0.2, 0) is 4.84 Å². The Morgan fingerprint density at radius 1 is 1.43 bits per heavy atom. The van der Waals surface area contributed by atoms with E-state index in [-0.39, 0.29) is 36.0 Å². The fraction of sp³-hybridized carbons (Fsp3) is 0.300. The molecule has 0 radical (unpaired) electrons. The summed E-state index contributed by atoms with van der Waals surface area (Å²) in [5, 5.41) is 12.1. The lowest BCUT2D eigenvalue weighted by molar-refractivity contribution is 0.0169. The van der Waals surface area contributed by atoms with E-state index in [9.17, 15) is 4.79 Å². The molecule has 1 unspecified atom stereocenters. The topological polar surface area (TPSA) is 88.4 Å². The van der Waals surface area contributed by atoms with Crippen LogP contribution in [0.4, 0.5) is 15.8 Å². The Bertz CT molecular complexity index is 1080. The number of aliphatic hydroxyl groups is 1. The van der Waals surface area contributed by atoms with Gasteiger partial charge in [0, 0.05) is 10.5 Å². The highest BCUT2D eigenvalue weighted by atomic mass is 79.9. The highest BCUT2D eigenvalue weighted by molar-refractivity contribution is 9.10. The van der Waals surface area contributed by atoms with E-state index in [0.717, 1.165) is 10.9 Å². The number of carbonyl (C=O) groups excluding carboxylic acids is 1. The number of rotatable bonds is 8. The molecule has 3 aromatic rings. The van der Waals surface area contributed by atoms with Gasteiger partial charge in [-0.1, -0.05) is 34.5 Å². The first kappa shape index (κ1) is 22.5. The molecule has 10 heteroatoms. The van der Waals surface area contributed by atoms with Crippen molar-refractivity contribution in [3.8, 4) is 0 Å². The van der Waals surface area contributed by atoms with Gasteiger partial charge in [0.25, 0.3) is 5.91 Å². The Balaban J connectivity index is 2.13. The summed E-state index contributed by atoms with van der Waals surface area (Å²) in [5.74, 6) is -1.35. The number of benzene rings is 2. The van der Waals surface area contributed by atoms with Gasteiger partial charge in [-0.05, 0) is 37.6 Å². The molecule has 0 saturated carbocycles. The number of carbonyl (C=O) groups is 1. The summed E-state index contributed by atoms with van der Waals surface area (Å²) >= 11 is 9.59. The summed E-state index contributed by atoms with van der Waals surface area (Å²) in [6.45, 7) is 3.63. The Morgan fingerprint density at radius 2 is 2.20 bits per heavy atom. The van der Waals surface area contributed by atoms with Gasteiger partial charge in [-0.15, -0.1) is 0 Å². The lowest BCUT2D eigenvalue weighted by Gasteiger charge is -2.17. The monoisotopic (exact) mass is 498 g/mol. The Labute approximate surface area is 186 Å². The van der Waals surface area contributed by atoms with Gasteiger partial charge in [0.05, 0.1) is 47.0 Å². The average Bonchev–Trinajstić information content (AvgIpc) is 3.15. The van der Waals surface area contributed by atoms with Crippen LogP contribution in [0.25, 0.3) is 11.0 Å². The molecule has 160 valence electrons. The first-order chi connectivity index (χ1) is 14.4. The van der Waals surface area contributed by atoms with Crippen molar-refractivity contribution in [2.24, 2.45) is 0 Å². The van der Waals surface area contributed by atoms with Gasteiger partial charge >= 0.3 is 0 Å². The van der Waals surface area contributed by atoms with Crippen LogP contribution in [0.1, 0.15) is 36.7 Å². The zero-order chi connectivity index (χ0) is 21.8.